The molecule has 136 valence electrons. The zero-order chi connectivity index (χ0) is 19.6. The van der Waals surface area contributed by atoms with Crippen molar-refractivity contribution in [2.45, 2.75) is 20.8 Å². The van der Waals surface area contributed by atoms with E-state index in [1.54, 1.807) is 54.8 Å². The minimum atomic E-state index is -1.49. The van der Waals surface area contributed by atoms with E-state index in [4.69, 9.17) is 4.52 Å². The molecule has 0 radical (unpaired) electrons. The molecule has 1 unspecified atom stereocenters. The fourth-order valence-electron chi connectivity index (χ4n) is 2.85. The van der Waals surface area contributed by atoms with Gasteiger partial charge in [0, 0.05) is 29.2 Å². The number of aromatic nitrogens is 3. The van der Waals surface area contributed by atoms with Gasteiger partial charge in [0.1, 0.15) is 11.6 Å². The van der Waals surface area contributed by atoms with Crippen molar-refractivity contribution in [2.75, 3.05) is 5.32 Å². The lowest BCUT2D eigenvalue weighted by Crippen LogP contribution is -2.29. The zero-order valence-electron chi connectivity index (χ0n) is 15.1. The van der Waals surface area contributed by atoms with E-state index < -0.39 is 17.6 Å². The summed E-state index contributed by atoms with van der Waals surface area (Å²) < 4.78 is 6.84. The summed E-state index contributed by atoms with van der Waals surface area (Å²) in [5.41, 5.74) is 1.61. The summed E-state index contributed by atoms with van der Waals surface area (Å²) in [4.78, 5) is 29.2. The molecule has 27 heavy (non-hydrogen) atoms. The van der Waals surface area contributed by atoms with Crippen LogP contribution in [0.2, 0.25) is 0 Å². The average Bonchev–Trinajstić information content (AvgIpc) is 3.18. The minimum Gasteiger partial charge on any atom is -0.360 e. The lowest BCUT2D eigenvalue weighted by molar-refractivity contribution is -0.117. The summed E-state index contributed by atoms with van der Waals surface area (Å²) in [6.45, 7) is 5.31. The van der Waals surface area contributed by atoms with Gasteiger partial charge in [0.05, 0.1) is 6.07 Å². The molecule has 3 heterocycles. The Morgan fingerprint density at radius 3 is 2.63 bits per heavy atom. The summed E-state index contributed by atoms with van der Waals surface area (Å²) in [7, 11) is 0. The van der Waals surface area contributed by atoms with Gasteiger partial charge in [0.2, 0.25) is 0 Å². The molecule has 0 aliphatic heterocycles. The Hall–Kier alpha value is -3.73. The molecular formula is C19H17N5O3. The molecule has 3 aromatic rings. The van der Waals surface area contributed by atoms with E-state index >= 15 is 0 Å². The number of nitrogens with one attached hydrogen (secondary N) is 1. The van der Waals surface area contributed by atoms with E-state index in [1.165, 1.54) is 6.20 Å². The normalized spacial score (nSPS) is 11.6. The first kappa shape index (κ1) is 18.1. The van der Waals surface area contributed by atoms with Gasteiger partial charge in [0.25, 0.3) is 5.91 Å². The lowest BCUT2D eigenvalue weighted by Gasteiger charge is -2.09. The Labute approximate surface area is 155 Å². The largest absolute Gasteiger partial charge is 0.360 e. The van der Waals surface area contributed by atoms with Crippen LogP contribution < -0.4 is 5.32 Å². The van der Waals surface area contributed by atoms with Gasteiger partial charge < -0.3 is 9.84 Å². The highest BCUT2D eigenvalue weighted by molar-refractivity contribution is 6.15. The Morgan fingerprint density at radius 1 is 1.26 bits per heavy atom. The molecule has 1 N–H and O–H groups in total. The van der Waals surface area contributed by atoms with E-state index in [0.717, 1.165) is 5.69 Å². The van der Waals surface area contributed by atoms with Crippen molar-refractivity contribution in [3.05, 3.63) is 59.2 Å². The molecule has 3 aromatic heterocycles. The maximum Gasteiger partial charge on any atom is 0.250 e. The SMILES string of the molecule is Cc1cc(-n2c(C)cc(C(=O)C(C#N)C(=O)Nc3ccccn3)c2C)no1. The maximum atomic E-state index is 12.9. The molecule has 0 fully saturated rings. The molecule has 0 saturated carbocycles. The van der Waals surface area contributed by atoms with Crippen molar-refractivity contribution in [1.82, 2.24) is 14.7 Å². The second-order valence-electron chi connectivity index (χ2n) is 6.05. The van der Waals surface area contributed by atoms with Crippen molar-refractivity contribution in [3.8, 4) is 11.9 Å². The number of hydrogen-bond donors (Lipinski definition) is 1. The third-order valence-corrected chi connectivity index (χ3v) is 4.11. The molecule has 8 nitrogen and oxygen atoms in total. The monoisotopic (exact) mass is 363 g/mol. The van der Waals surface area contributed by atoms with Crippen LogP contribution in [0, 0.1) is 38.0 Å². The number of nitrogens with zero attached hydrogens (tertiary/aromatic N) is 4. The maximum absolute atomic E-state index is 12.9. The highest BCUT2D eigenvalue weighted by Gasteiger charge is 2.31. The third-order valence-electron chi connectivity index (χ3n) is 4.11. The first-order valence-corrected chi connectivity index (χ1v) is 8.20. The standard InChI is InChI=1S/C19H17N5O3/c1-11-8-14(13(3)24(11)17-9-12(2)27-23-17)18(25)15(10-20)19(26)22-16-6-4-5-7-21-16/h4-9,15H,1-3H3,(H,21,22,26). The van der Waals surface area contributed by atoms with Gasteiger partial charge >= 0.3 is 0 Å². The van der Waals surface area contributed by atoms with Gasteiger partial charge in [-0.2, -0.15) is 5.26 Å². The summed E-state index contributed by atoms with van der Waals surface area (Å²) >= 11 is 0. The van der Waals surface area contributed by atoms with Gasteiger partial charge in [-0.25, -0.2) is 4.98 Å². The Bertz CT molecular complexity index is 1040. The van der Waals surface area contributed by atoms with Crippen LogP contribution >= 0.6 is 0 Å². The smallest absolute Gasteiger partial charge is 0.250 e. The Morgan fingerprint density at radius 2 is 2.04 bits per heavy atom. The molecular weight excluding hydrogens is 346 g/mol. The molecule has 8 heteroatoms. The average molecular weight is 363 g/mol. The number of rotatable bonds is 5. The molecule has 0 spiro atoms. The number of pyridine rings is 1. The lowest BCUT2D eigenvalue weighted by atomic mass is 9.98. The number of Topliss-reactive ketones (excluding diaryl/α,β-unsaturated/α-hetero) is 1. The van der Waals surface area contributed by atoms with E-state index in [1.807, 2.05) is 6.92 Å². The number of ketones is 1. The second-order valence-corrected chi connectivity index (χ2v) is 6.05. The van der Waals surface area contributed by atoms with E-state index in [-0.39, 0.29) is 11.4 Å². The topological polar surface area (TPSA) is 114 Å². The van der Waals surface area contributed by atoms with Gasteiger partial charge in [-0.15, -0.1) is 0 Å². The van der Waals surface area contributed by atoms with Crippen LogP contribution in [-0.4, -0.2) is 26.4 Å². The summed E-state index contributed by atoms with van der Waals surface area (Å²) in [5, 5.41) is 15.9. The highest BCUT2D eigenvalue weighted by Crippen LogP contribution is 2.23. The van der Waals surface area contributed by atoms with Crippen molar-refractivity contribution in [3.63, 3.8) is 0 Å². The van der Waals surface area contributed by atoms with Gasteiger partial charge in [-0.05, 0) is 39.0 Å². The number of carbonyl (C=O) groups excluding carboxylic acids is 2. The van der Waals surface area contributed by atoms with Crippen LogP contribution in [0.1, 0.15) is 27.5 Å². The summed E-state index contributed by atoms with van der Waals surface area (Å²) in [6.07, 6.45) is 1.51. The molecule has 1 amide bonds. The summed E-state index contributed by atoms with van der Waals surface area (Å²) in [5.74, 6) is -1.34. The quantitative estimate of drug-likeness (QED) is 0.551. The van der Waals surface area contributed by atoms with Gasteiger partial charge in [-0.1, -0.05) is 11.2 Å². The van der Waals surface area contributed by atoms with Crippen LogP contribution in [-0.2, 0) is 4.79 Å². The second kappa shape index (κ2) is 7.25. The predicted molar refractivity (Wildman–Crippen MR) is 96.3 cm³/mol. The van der Waals surface area contributed by atoms with Crippen LogP contribution in [0.5, 0.6) is 0 Å². The fourth-order valence-corrected chi connectivity index (χ4v) is 2.85. The molecule has 1 atom stereocenters. The number of anilines is 1. The van der Waals surface area contributed by atoms with Gasteiger partial charge in [-0.3, -0.25) is 14.2 Å². The predicted octanol–water partition coefficient (Wildman–Crippen LogP) is 2.75. The van der Waals surface area contributed by atoms with E-state index in [0.29, 0.717) is 17.3 Å². The first-order valence-electron chi connectivity index (χ1n) is 8.20. The molecule has 3 rings (SSSR count). The minimum absolute atomic E-state index is 0.277. The number of amides is 1. The molecule has 0 aliphatic carbocycles. The van der Waals surface area contributed by atoms with Crippen molar-refractivity contribution >= 4 is 17.5 Å². The number of aryl methyl sites for hydroxylation is 2. The van der Waals surface area contributed by atoms with Crippen molar-refractivity contribution in [1.29, 1.82) is 5.26 Å². The third kappa shape index (κ3) is 3.48. The van der Waals surface area contributed by atoms with Crippen LogP contribution in [0.15, 0.2) is 41.1 Å². The zero-order valence-corrected chi connectivity index (χ0v) is 15.1. The Kier molecular flexibility index (Phi) is 4.86. The fraction of sp³-hybridized carbons (Fsp3) is 0.211. The van der Waals surface area contributed by atoms with Gasteiger partial charge in [0.15, 0.2) is 17.5 Å². The number of hydrogen-bond acceptors (Lipinski definition) is 6. The van der Waals surface area contributed by atoms with E-state index in [2.05, 4.69) is 15.5 Å². The highest BCUT2D eigenvalue weighted by atomic mass is 16.5. The molecule has 0 aromatic carbocycles. The molecule has 0 aliphatic rings. The van der Waals surface area contributed by atoms with Crippen LogP contribution in [0.25, 0.3) is 5.82 Å². The number of nitriles is 1. The molecule has 0 bridgehead atoms. The van der Waals surface area contributed by atoms with E-state index in [9.17, 15) is 14.9 Å². The Balaban J connectivity index is 1.90. The summed E-state index contributed by atoms with van der Waals surface area (Å²) in [6, 6.07) is 10.1. The van der Waals surface area contributed by atoms with Crippen LogP contribution in [0.4, 0.5) is 5.82 Å². The number of carbonyl (C=O) groups is 2. The molecule has 0 saturated heterocycles. The van der Waals surface area contributed by atoms with Crippen LogP contribution in [0.3, 0.4) is 0 Å². The van der Waals surface area contributed by atoms with Crippen molar-refractivity contribution < 1.29 is 14.1 Å². The van der Waals surface area contributed by atoms with Crippen molar-refractivity contribution in [2.24, 2.45) is 5.92 Å². The first-order chi connectivity index (χ1) is 12.9.